The van der Waals surface area contributed by atoms with Crippen LogP contribution in [0.25, 0.3) is 0 Å². The summed E-state index contributed by atoms with van der Waals surface area (Å²) in [6, 6.07) is 9.05. The Kier molecular flexibility index (Phi) is 21.8. The molecule has 1 aromatic heterocycles. The fourth-order valence-electron chi connectivity index (χ4n) is 5.39. The molecule has 1 aliphatic rings. The van der Waals surface area contributed by atoms with Gasteiger partial charge in [-0.2, -0.15) is 0 Å². The average molecular weight is 730 g/mol. The summed E-state index contributed by atoms with van der Waals surface area (Å²) in [6.45, 7) is 18.3. The van der Waals surface area contributed by atoms with Gasteiger partial charge in [0, 0.05) is 36.7 Å². The number of carbonyl (C=O) groups excluding carboxylic acids is 5. The summed E-state index contributed by atoms with van der Waals surface area (Å²) >= 11 is 1.17. The fourth-order valence-corrected chi connectivity index (χ4v) is 6.22. The van der Waals surface area contributed by atoms with E-state index in [9.17, 15) is 24.0 Å². The van der Waals surface area contributed by atoms with Gasteiger partial charge in [0.1, 0.15) is 10.7 Å². The molecular weight excluding hydrogens is 667 g/mol. The molecule has 4 atom stereocenters. The van der Waals surface area contributed by atoms with Crippen LogP contribution in [0.4, 0.5) is 0 Å². The minimum atomic E-state index is -0.822. The van der Waals surface area contributed by atoms with Gasteiger partial charge in [-0.1, -0.05) is 105 Å². The van der Waals surface area contributed by atoms with Crippen molar-refractivity contribution in [3.05, 3.63) is 52.0 Å². The zero-order chi connectivity index (χ0) is 38.5. The van der Waals surface area contributed by atoms with Crippen molar-refractivity contribution < 1.29 is 28.7 Å². The Morgan fingerprint density at radius 2 is 1.69 bits per heavy atom. The molecule has 1 fully saturated rings. The summed E-state index contributed by atoms with van der Waals surface area (Å²) in [5.74, 6) is -2.14. The van der Waals surface area contributed by atoms with E-state index in [1.165, 1.54) is 36.0 Å². The number of hydrogen-bond donors (Lipinski definition) is 2. The van der Waals surface area contributed by atoms with E-state index in [-0.39, 0.29) is 60.8 Å². The Hall–Kier alpha value is -3.64. The van der Waals surface area contributed by atoms with Crippen molar-refractivity contribution >= 4 is 40.9 Å². The smallest absolute Gasteiger partial charge is 0.303 e. The maximum Gasteiger partial charge on any atom is 0.303 e. The minimum absolute atomic E-state index is 0.0357. The number of amides is 4. The third-order valence-electron chi connectivity index (χ3n) is 8.38. The molecule has 0 bridgehead atoms. The van der Waals surface area contributed by atoms with Gasteiger partial charge in [-0.3, -0.25) is 33.8 Å². The highest BCUT2D eigenvalue weighted by atomic mass is 32.1. The van der Waals surface area contributed by atoms with E-state index in [2.05, 4.69) is 36.4 Å². The van der Waals surface area contributed by atoms with E-state index in [1.54, 1.807) is 5.38 Å². The lowest BCUT2D eigenvalue weighted by molar-refractivity contribution is -0.147. The molecule has 4 amide bonds. The lowest BCUT2D eigenvalue weighted by atomic mass is 9.97. The number of hydrogen-bond acceptors (Lipinski definition) is 9. The highest BCUT2D eigenvalue weighted by molar-refractivity contribution is 7.09. The average Bonchev–Trinajstić information content (AvgIpc) is 3.71. The third kappa shape index (κ3) is 16.1. The van der Waals surface area contributed by atoms with Crippen molar-refractivity contribution in [1.82, 2.24) is 25.4 Å². The standard InChI is InChI=1S/C33H47N5O6S.C4H10.C2H6/c1-7-8-14-37(6)19-30(41)34-18-29(40)35-26(21(2)3)17-28(44-23(5)39)31-36-27(20-45-31)33(43)38-25(15-22(4)32(38)42)16-24-12-10-9-11-13-24;1-3-4-2;1-2/h9-13,20-22,25-26,28H,7-8,14-19H2,1-6H3,(H,34,41)(H,35,40);3-4H2,1-2H3;1-2H3/t22-,25?,26?,28?;;/m0../s1. The number of rotatable bonds is 17. The first-order chi connectivity index (χ1) is 24.3. The van der Waals surface area contributed by atoms with Crippen LogP contribution in [0.2, 0.25) is 0 Å². The quantitative estimate of drug-likeness (QED) is 0.138. The normalized spacial score (nSPS) is 16.4. The number of benzene rings is 1. The van der Waals surface area contributed by atoms with Crippen LogP contribution in [-0.2, 0) is 30.3 Å². The summed E-state index contributed by atoms with van der Waals surface area (Å²) in [5, 5.41) is 7.59. The number of esters is 1. The first-order valence-electron chi connectivity index (χ1n) is 18.6. The molecule has 0 radical (unpaired) electrons. The van der Waals surface area contributed by atoms with Crippen LogP contribution < -0.4 is 10.6 Å². The van der Waals surface area contributed by atoms with E-state index in [1.807, 2.05) is 76.9 Å². The first kappa shape index (κ1) is 45.4. The Labute approximate surface area is 310 Å². The monoisotopic (exact) mass is 729 g/mol. The molecule has 1 saturated heterocycles. The Bertz CT molecular complexity index is 1350. The molecule has 11 nitrogen and oxygen atoms in total. The predicted molar refractivity (Wildman–Crippen MR) is 204 cm³/mol. The molecule has 0 saturated carbocycles. The second-order valence-electron chi connectivity index (χ2n) is 13.2. The molecule has 51 heavy (non-hydrogen) atoms. The van der Waals surface area contributed by atoms with Gasteiger partial charge in [0.15, 0.2) is 6.10 Å². The zero-order valence-electron chi connectivity index (χ0n) is 32.6. The molecule has 0 aliphatic carbocycles. The molecule has 3 rings (SSSR count). The number of nitrogens with zero attached hydrogens (tertiary/aromatic N) is 3. The van der Waals surface area contributed by atoms with E-state index < -0.39 is 24.0 Å². The summed E-state index contributed by atoms with van der Waals surface area (Å²) in [6.07, 6.45) is 5.18. The van der Waals surface area contributed by atoms with Crippen LogP contribution in [0.3, 0.4) is 0 Å². The van der Waals surface area contributed by atoms with Gasteiger partial charge in [-0.05, 0) is 44.3 Å². The number of nitrogens with one attached hydrogen (secondary N) is 2. The molecule has 2 N–H and O–H groups in total. The molecule has 286 valence electrons. The van der Waals surface area contributed by atoms with Crippen LogP contribution in [0.1, 0.15) is 128 Å². The zero-order valence-corrected chi connectivity index (χ0v) is 33.4. The Morgan fingerprint density at radius 1 is 1.04 bits per heavy atom. The maximum absolute atomic E-state index is 13.6. The van der Waals surface area contributed by atoms with Crippen LogP contribution in [0, 0.1) is 11.8 Å². The van der Waals surface area contributed by atoms with Crippen LogP contribution in [-0.4, -0.2) is 83.1 Å². The molecule has 3 unspecified atom stereocenters. The second kappa shape index (κ2) is 24.5. The molecule has 1 aromatic carbocycles. The molecule has 2 heterocycles. The fraction of sp³-hybridized carbons (Fsp3) is 0.641. The van der Waals surface area contributed by atoms with Gasteiger partial charge in [-0.25, -0.2) is 4.98 Å². The number of carbonyl (C=O) groups is 5. The third-order valence-corrected chi connectivity index (χ3v) is 9.32. The summed E-state index contributed by atoms with van der Waals surface area (Å²) in [4.78, 5) is 71.6. The molecule has 12 heteroatoms. The lowest BCUT2D eigenvalue weighted by Gasteiger charge is -2.26. The second-order valence-corrected chi connectivity index (χ2v) is 14.1. The lowest BCUT2D eigenvalue weighted by Crippen LogP contribution is -2.46. The van der Waals surface area contributed by atoms with Crippen molar-refractivity contribution in [2.75, 3.05) is 26.7 Å². The highest BCUT2D eigenvalue weighted by Gasteiger charge is 2.42. The molecule has 1 aliphatic heterocycles. The number of ether oxygens (including phenoxy) is 1. The van der Waals surface area contributed by atoms with Crippen LogP contribution in [0.5, 0.6) is 0 Å². The van der Waals surface area contributed by atoms with Gasteiger partial charge < -0.3 is 15.4 Å². The van der Waals surface area contributed by atoms with E-state index in [0.29, 0.717) is 17.8 Å². The number of imide groups is 1. The molecule has 0 spiro atoms. The van der Waals surface area contributed by atoms with Crippen molar-refractivity contribution in [3.63, 3.8) is 0 Å². The SMILES string of the molecule is CC.CCCC.CCCCN(C)CC(=O)NCC(=O)NC(CC(OC(C)=O)c1nc(C(=O)N2C(=O)[C@@H](C)CC2Cc2ccccc2)cs1)C(C)C. The van der Waals surface area contributed by atoms with E-state index in [0.717, 1.165) is 24.9 Å². The van der Waals surface area contributed by atoms with Crippen molar-refractivity contribution in [2.45, 2.75) is 125 Å². The number of likely N-dealkylation sites (tertiary alicyclic amines) is 1. The molecule has 2 aromatic rings. The van der Waals surface area contributed by atoms with Gasteiger partial charge in [0.05, 0.1) is 13.1 Å². The first-order valence-corrected chi connectivity index (χ1v) is 19.5. The van der Waals surface area contributed by atoms with Crippen molar-refractivity contribution in [3.8, 4) is 0 Å². The summed E-state index contributed by atoms with van der Waals surface area (Å²) in [5.41, 5.74) is 1.15. The van der Waals surface area contributed by atoms with Gasteiger partial charge in [0.25, 0.3) is 5.91 Å². The maximum atomic E-state index is 13.6. The topological polar surface area (TPSA) is 138 Å². The van der Waals surface area contributed by atoms with E-state index >= 15 is 0 Å². The summed E-state index contributed by atoms with van der Waals surface area (Å²) < 4.78 is 5.62. The van der Waals surface area contributed by atoms with Crippen molar-refractivity contribution in [1.29, 1.82) is 0 Å². The van der Waals surface area contributed by atoms with Gasteiger partial charge in [0.2, 0.25) is 17.7 Å². The molecular formula is C39H63N5O6S. The van der Waals surface area contributed by atoms with Crippen molar-refractivity contribution in [2.24, 2.45) is 11.8 Å². The minimum Gasteiger partial charge on any atom is -0.455 e. The van der Waals surface area contributed by atoms with Gasteiger partial charge in [-0.15, -0.1) is 11.3 Å². The Balaban J connectivity index is 0.00000202. The summed E-state index contributed by atoms with van der Waals surface area (Å²) in [7, 11) is 1.86. The van der Waals surface area contributed by atoms with Crippen LogP contribution in [0.15, 0.2) is 35.7 Å². The number of aromatic nitrogens is 1. The highest BCUT2D eigenvalue weighted by Crippen LogP contribution is 2.32. The number of likely N-dealkylation sites (N-methyl/N-ethyl adjacent to an activating group) is 1. The van der Waals surface area contributed by atoms with E-state index in [4.69, 9.17) is 4.74 Å². The number of thiazole rings is 1. The Morgan fingerprint density at radius 3 is 2.25 bits per heavy atom. The number of unbranched alkanes of at least 4 members (excludes halogenated alkanes) is 2. The predicted octanol–water partition coefficient (Wildman–Crippen LogP) is 6.58. The van der Waals surface area contributed by atoms with Crippen LogP contribution >= 0.6 is 11.3 Å². The van der Waals surface area contributed by atoms with Gasteiger partial charge >= 0.3 is 5.97 Å². The largest absolute Gasteiger partial charge is 0.455 e.